The number of carbonyl (C=O) groups excluding carboxylic acids is 1. The number of carbonyl (C=O) groups is 1. The van der Waals surface area contributed by atoms with Crippen molar-refractivity contribution < 1.29 is 27.4 Å². The summed E-state index contributed by atoms with van der Waals surface area (Å²) in [7, 11) is -0.815. The second-order valence-corrected chi connectivity index (χ2v) is 6.90. The van der Waals surface area contributed by atoms with E-state index in [9.17, 15) is 13.2 Å². The number of sulfonamides is 1. The van der Waals surface area contributed by atoms with Crippen molar-refractivity contribution in [1.82, 2.24) is 10.9 Å². The quantitative estimate of drug-likeness (QED) is 0.592. The molecule has 0 bridgehead atoms. The molecule has 10 heteroatoms. The zero-order valence-corrected chi connectivity index (χ0v) is 14.5. The molecule has 1 aliphatic rings. The fourth-order valence-electron chi connectivity index (χ4n) is 2.26. The van der Waals surface area contributed by atoms with Gasteiger partial charge in [-0.25, -0.2) is 19.3 Å². The molecule has 1 aliphatic heterocycles. The van der Waals surface area contributed by atoms with Gasteiger partial charge in [-0.2, -0.15) is 0 Å². The molecule has 0 aliphatic carbocycles. The molecule has 9 nitrogen and oxygen atoms in total. The van der Waals surface area contributed by atoms with Crippen LogP contribution in [0.3, 0.4) is 0 Å². The number of anilines is 1. The Kier molecular flexibility index (Phi) is 5.86. The Hall–Kier alpha value is -2.04. The van der Waals surface area contributed by atoms with Crippen molar-refractivity contribution in [3.05, 3.63) is 18.2 Å². The van der Waals surface area contributed by atoms with Gasteiger partial charge < -0.3 is 14.2 Å². The first-order valence-electron chi connectivity index (χ1n) is 7.32. The van der Waals surface area contributed by atoms with Crippen molar-refractivity contribution in [1.29, 1.82) is 0 Å². The minimum absolute atomic E-state index is 0.0570. The van der Waals surface area contributed by atoms with Crippen molar-refractivity contribution in [2.24, 2.45) is 0 Å². The topological polar surface area (TPSA) is 115 Å². The summed E-state index contributed by atoms with van der Waals surface area (Å²) in [5.41, 5.74) is 5.56. The molecular formula is C14H21N3O6S. The summed E-state index contributed by atoms with van der Waals surface area (Å²) in [6.45, 7) is 1.92. The van der Waals surface area contributed by atoms with Gasteiger partial charge in [0.15, 0.2) is 11.5 Å². The van der Waals surface area contributed by atoms with Crippen LogP contribution in [0.5, 0.6) is 11.5 Å². The summed E-state index contributed by atoms with van der Waals surface area (Å²) >= 11 is 0. The Morgan fingerprint density at radius 3 is 2.58 bits per heavy atom. The van der Waals surface area contributed by atoms with E-state index >= 15 is 0 Å². The first kappa shape index (κ1) is 18.3. The lowest BCUT2D eigenvalue weighted by molar-refractivity contribution is -0.145. The number of rotatable bonds is 7. The van der Waals surface area contributed by atoms with Gasteiger partial charge in [-0.3, -0.25) is 9.52 Å². The van der Waals surface area contributed by atoms with E-state index < -0.39 is 27.4 Å². The number of esters is 1. The SMILES string of the molecule is CCOC(=O)C1CC(S(=O)(=O)Nc2ccc(OC)c(OC)c2)NN1. The molecule has 0 radical (unpaired) electrons. The molecule has 0 aromatic heterocycles. The normalized spacial score (nSPS) is 20.5. The maximum Gasteiger partial charge on any atom is 0.324 e. The van der Waals surface area contributed by atoms with Crippen molar-refractivity contribution in [2.75, 3.05) is 25.5 Å². The average Bonchev–Trinajstić information content (AvgIpc) is 3.05. The molecule has 0 amide bonds. The highest BCUT2D eigenvalue weighted by Gasteiger charge is 2.38. The van der Waals surface area contributed by atoms with E-state index in [0.29, 0.717) is 17.2 Å². The highest BCUT2D eigenvalue weighted by atomic mass is 32.2. The van der Waals surface area contributed by atoms with Crippen LogP contribution in [-0.4, -0.2) is 46.6 Å². The molecule has 1 saturated heterocycles. The fraction of sp³-hybridized carbons (Fsp3) is 0.500. The van der Waals surface area contributed by atoms with Gasteiger partial charge in [-0.15, -0.1) is 0 Å². The van der Waals surface area contributed by atoms with Crippen LogP contribution in [0.25, 0.3) is 0 Å². The zero-order valence-electron chi connectivity index (χ0n) is 13.7. The maximum absolute atomic E-state index is 12.4. The number of nitrogens with one attached hydrogen (secondary N) is 3. The highest BCUT2D eigenvalue weighted by Crippen LogP contribution is 2.30. The van der Waals surface area contributed by atoms with E-state index in [1.165, 1.54) is 20.3 Å². The third-order valence-electron chi connectivity index (χ3n) is 3.46. The Balaban J connectivity index is 2.08. The predicted molar refractivity (Wildman–Crippen MR) is 87.2 cm³/mol. The first-order valence-corrected chi connectivity index (χ1v) is 8.87. The van der Waals surface area contributed by atoms with E-state index in [-0.39, 0.29) is 13.0 Å². The van der Waals surface area contributed by atoms with Gasteiger partial charge in [0, 0.05) is 12.5 Å². The Morgan fingerprint density at radius 1 is 1.25 bits per heavy atom. The third-order valence-corrected chi connectivity index (χ3v) is 5.04. The van der Waals surface area contributed by atoms with Gasteiger partial charge in [-0.1, -0.05) is 0 Å². The van der Waals surface area contributed by atoms with E-state index in [4.69, 9.17) is 14.2 Å². The van der Waals surface area contributed by atoms with Gasteiger partial charge in [0.05, 0.1) is 26.5 Å². The standard InChI is InChI=1S/C14H21N3O6S/c1-4-23-14(18)10-8-13(16-15-10)24(19,20)17-9-5-6-11(21-2)12(7-9)22-3/h5-7,10,13,15-17H,4,8H2,1-3H3. The summed E-state index contributed by atoms with van der Waals surface area (Å²) in [5.74, 6) is 0.400. The number of hydrazine groups is 1. The number of hydrogen-bond acceptors (Lipinski definition) is 8. The lowest BCUT2D eigenvalue weighted by Crippen LogP contribution is -2.41. The van der Waals surface area contributed by atoms with Crippen LogP contribution < -0.4 is 25.0 Å². The second-order valence-electron chi connectivity index (χ2n) is 5.03. The molecule has 1 aromatic rings. The van der Waals surface area contributed by atoms with Crippen LogP contribution in [0.4, 0.5) is 5.69 Å². The minimum Gasteiger partial charge on any atom is -0.493 e. The van der Waals surface area contributed by atoms with Crippen molar-refractivity contribution in [3.63, 3.8) is 0 Å². The Morgan fingerprint density at radius 2 is 1.96 bits per heavy atom. The molecule has 3 N–H and O–H groups in total. The van der Waals surface area contributed by atoms with E-state index in [2.05, 4.69) is 15.6 Å². The number of methoxy groups -OCH3 is 2. The smallest absolute Gasteiger partial charge is 0.324 e. The molecule has 134 valence electrons. The molecule has 0 saturated carbocycles. The fourth-order valence-corrected chi connectivity index (χ4v) is 3.53. The van der Waals surface area contributed by atoms with Crippen LogP contribution in [-0.2, 0) is 19.6 Å². The van der Waals surface area contributed by atoms with Crippen LogP contribution in [0.15, 0.2) is 18.2 Å². The lowest BCUT2D eigenvalue weighted by Gasteiger charge is -2.15. The van der Waals surface area contributed by atoms with E-state index in [1.54, 1.807) is 19.1 Å². The van der Waals surface area contributed by atoms with E-state index in [1.807, 2.05) is 0 Å². The molecule has 24 heavy (non-hydrogen) atoms. The molecule has 1 heterocycles. The van der Waals surface area contributed by atoms with Gasteiger partial charge in [-0.05, 0) is 19.1 Å². The van der Waals surface area contributed by atoms with Crippen molar-refractivity contribution in [3.8, 4) is 11.5 Å². The number of ether oxygens (including phenoxy) is 3. The first-order chi connectivity index (χ1) is 11.4. The van der Waals surface area contributed by atoms with Gasteiger partial charge in [0.1, 0.15) is 11.4 Å². The Labute approximate surface area is 140 Å². The zero-order chi connectivity index (χ0) is 17.7. The number of hydrogen-bond donors (Lipinski definition) is 3. The molecule has 0 spiro atoms. The molecule has 2 rings (SSSR count). The minimum atomic E-state index is -3.77. The van der Waals surface area contributed by atoms with Crippen molar-refractivity contribution >= 4 is 21.7 Å². The largest absolute Gasteiger partial charge is 0.493 e. The van der Waals surface area contributed by atoms with Gasteiger partial charge in [0.2, 0.25) is 10.0 Å². The summed E-state index contributed by atoms with van der Waals surface area (Å²) in [6, 6.07) is 3.96. The van der Waals surface area contributed by atoms with Gasteiger partial charge >= 0.3 is 5.97 Å². The monoisotopic (exact) mass is 359 g/mol. The predicted octanol–water partition coefficient (Wildman–Crippen LogP) is 0.201. The van der Waals surface area contributed by atoms with Crippen LogP contribution in [0.1, 0.15) is 13.3 Å². The maximum atomic E-state index is 12.4. The van der Waals surface area contributed by atoms with Crippen LogP contribution in [0.2, 0.25) is 0 Å². The summed E-state index contributed by atoms with van der Waals surface area (Å²) in [4.78, 5) is 11.7. The molecular weight excluding hydrogens is 338 g/mol. The van der Waals surface area contributed by atoms with Gasteiger partial charge in [0.25, 0.3) is 0 Å². The van der Waals surface area contributed by atoms with Crippen LogP contribution >= 0.6 is 0 Å². The Bertz CT molecular complexity index is 694. The highest BCUT2D eigenvalue weighted by molar-refractivity contribution is 7.93. The number of benzene rings is 1. The summed E-state index contributed by atoms with van der Waals surface area (Å²) in [6.07, 6.45) is 0.0570. The average molecular weight is 359 g/mol. The lowest BCUT2D eigenvalue weighted by atomic mass is 10.2. The van der Waals surface area contributed by atoms with Crippen LogP contribution in [0, 0.1) is 0 Å². The van der Waals surface area contributed by atoms with Crippen molar-refractivity contribution in [2.45, 2.75) is 24.8 Å². The molecule has 1 fully saturated rings. The molecule has 1 aromatic carbocycles. The summed E-state index contributed by atoms with van der Waals surface area (Å²) in [5, 5.41) is -0.972. The summed E-state index contributed by atoms with van der Waals surface area (Å²) < 4.78 is 42.5. The molecule has 2 atom stereocenters. The third kappa shape index (κ3) is 4.08. The molecule has 2 unspecified atom stereocenters. The second kappa shape index (κ2) is 7.69. The van der Waals surface area contributed by atoms with E-state index in [0.717, 1.165) is 0 Å².